The molecule has 1 aromatic heterocycles. The predicted octanol–water partition coefficient (Wildman–Crippen LogP) is 3.66. The highest BCUT2D eigenvalue weighted by Crippen LogP contribution is 2.19. The van der Waals surface area contributed by atoms with Crippen molar-refractivity contribution in [2.24, 2.45) is 0 Å². The van der Waals surface area contributed by atoms with Crippen LogP contribution in [0.2, 0.25) is 0 Å². The number of halogens is 1. The maximum atomic E-state index is 13.0. The number of ether oxygens (including phenoxy) is 1. The van der Waals surface area contributed by atoms with E-state index >= 15 is 0 Å². The summed E-state index contributed by atoms with van der Waals surface area (Å²) in [7, 11) is 0. The predicted molar refractivity (Wildman–Crippen MR) is 106 cm³/mol. The molecular weight excluding hydrogens is 373 g/mol. The molecule has 3 rings (SSSR count). The van der Waals surface area contributed by atoms with Gasteiger partial charge < -0.3 is 10.1 Å². The molecule has 3 aromatic rings. The Morgan fingerprint density at radius 3 is 2.41 bits per heavy atom. The number of nitrogens with zero attached hydrogens (tertiary/aromatic N) is 2. The van der Waals surface area contributed by atoms with Gasteiger partial charge in [0.15, 0.2) is 6.61 Å². The first kappa shape index (κ1) is 20.3. The van der Waals surface area contributed by atoms with Crippen LogP contribution in [0.4, 0.5) is 4.39 Å². The summed E-state index contributed by atoms with van der Waals surface area (Å²) in [5.41, 5.74) is 3.09. The van der Waals surface area contributed by atoms with Crippen molar-refractivity contribution in [3.8, 4) is 5.69 Å². The van der Waals surface area contributed by atoms with Crippen molar-refractivity contribution < 1.29 is 18.7 Å². The van der Waals surface area contributed by atoms with Crippen molar-refractivity contribution in [2.75, 3.05) is 6.61 Å². The molecule has 0 aliphatic carbocycles. The molecule has 2 aromatic carbocycles. The Balaban J connectivity index is 1.63. The van der Waals surface area contributed by atoms with Gasteiger partial charge in [-0.2, -0.15) is 5.10 Å². The third-order valence-corrected chi connectivity index (χ3v) is 4.58. The number of carbonyl (C=O) groups excluding carboxylic acids is 2. The normalized spacial score (nSPS) is 11.7. The van der Waals surface area contributed by atoms with Crippen molar-refractivity contribution in [3.05, 3.63) is 82.9 Å². The van der Waals surface area contributed by atoms with Crippen LogP contribution in [0, 0.1) is 19.7 Å². The maximum Gasteiger partial charge on any atom is 0.342 e. The second kappa shape index (κ2) is 8.68. The lowest BCUT2D eigenvalue weighted by Gasteiger charge is -2.14. The lowest BCUT2D eigenvalue weighted by atomic mass is 10.1. The lowest BCUT2D eigenvalue weighted by molar-refractivity contribution is -0.124. The smallest absolute Gasteiger partial charge is 0.342 e. The topological polar surface area (TPSA) is 73.2 Å². The number of hydrogen-bond acceptors (Lipinski definition) is 4. The molecule has 29 heavy (non-hydrogen) atoms. The molecule has 0 spiro atoms. The molecule has 0 aliphatic heterocycles. The summed E-state index contributed by atoms with van der Waals surface area (Å²) in [5, 5.41) is 7.13. The van der Waals surface area contributed by atoms with Crippen LogP contribution in [-0.2, 0) is 9.53 Å². The Morgan fingerprint density at radius 2 is 1.76 bits per heavy atom. The van der Waals surface area contributed by atoms with Gasteiger partial charge in [0, 0.05) is 0 Å². The summed E-state index contributed by atoms with van der Waals surface area (Å²) < 4.78 is 19.9. The number of esters is 1. The number of hydrogen-bond donors (Lipinski definition) is 1. The van der Waals surface area contributed by atoms with Crippen molar-refractivity contribution in [1.82, 2.24) is 15.1 Å². The second-order valence-corrected chi connectivity index (χ2v) is 6.71. The maximum absolute atomic E-state index is 13.0. The van der Waals surface area contributed by atoms with Crippen LogP contribution in [0.25, 0.3) is 5.69 Å². The molecule has 1 atom stereocenters. The fraction of sp³-hybridized carbons (Fsp3) is 0.227. The van der Waals surface area contributed by atoms with Crippen molar-refractivity contribution >= 4 is 11.9 Å². The van der Waals surface area contributed by atoms with Crippen molar-refractivity contribution in [3.63, 3.8) is 0 Å². The van der Waals surface area contributed by atoms with Crippen molar-refractivity contribution in [1.29, 1.82) is 0 Å². The highest BCUT2D eigenvalue weighted by molar-refractivity contribution is 5.93. The lowest BCUT2D eigenvalue weighted by Crippen LogP contribution is -2.31. The van der Waals surface area contributed by atoms with E-state index in [1.165, 1.54) is 12.1 Å². The number of aromatic nitrogens is 2. The Hall–Kier alpha value is -3.48. The third-order valence-electron chi connectivity index (χ3n) is 4.58. The van der Waals surface area contributed by atoms with Gasteiger partial charge in [-0.25, -0.2) is 13.9 Å². The van der Waals surface area contributed by atoms with E-state index in [2.05, 4.69) is 10.4 Å². The fourth-order valence-electron chi connectivity index (χ4n) is 3.08. The van der Waals surface area contributed by atoms with E-state index in [9.17, 15) is 14.0 Å². The molecule has 1 amide bonds. The van der Waals surface area contributed by atoms with Gasteiger partial charge in [-0.3, -0.25) is 4.79 Å². The second-order valence-electron chi connectivity index (χ2n) is 6.71. The minimum absolute atomic E-state index is 0.341. The number of amides is 1. The Bertz CT molecular complexity index is 1010. The Labute approximate surface area is 168 Å². The van der Waals surface area contributed by atoms with Gasteiger partial charge in [0.2, 0.25) is 0 Å². The first-order valence-corrected chi connectivity index (χ1v) is 9.20. The molecule has 0 unspecified atom stereocenters. The molecule has 0 bridgehead atoms. The van der Waals surface area contributed by atoms with Crippen LogP contribution in [0.5, 0.6) is 0 Å². The third kappa shape index (κ3) is 4.68. The SMILES string of the molecule is Cc1nn(-c2ccccc2)c(C)c1C(=O)OCC(=O)N[C@@H](C)c1ccc(F)cc1. The van der Waals surface area contributed by atoms with Crippen LogP contribution in [0.1, 0.15) is 40.3 Å². The summed E-state index contributed by atoms with van der Waals surface area (Å²) in [4.78, 5) is 24.7. The molecule has 0 fully saturated rings. The monoisotopic (exact) mass is 395 g/mol. The van der Waals surface area contributed by atoms with Gasteiger partial charge in [0.25, 0.3) is 5.91 Å². The highest BCUT2D eigenvalue weighted by Gasteiger charge is 2.22. The van der Waals surface area contributed by atoms with E-state index in [0.29, 0.717) is 17.0 Å². The quantitative estimate of drug-likeness (QED) is 0.647. The summed E-state index contributed by atoms with van der Waals surface area (Å²) in [5.74, 6) is -1.39. The molecule has 0 radical (unpaired) electrons. The zero-order valence-electron chi connectivity index (χ0n) is 16.5. The summed E-state index contributed by atoms with van der Waals surface area (Å²) >= 11 is 0. The van der Waals surface area contributed by atoms with Gasteiger partial charge in [0.1, 0.15) is 11.4 Å². The van der Waals surface area contributed by atoms with Gasteiger partial charge in [-0.05, 0) is 50.6 Å². The van der Waals surface area contributed by atoms with E-state index in [0.717, 1.165) is 11.3 Å². The number of aryl methyl sites for hydroxylation is 1. The number of benzene rings is 2. The largest absolute Gasteiger partial charge is 0.452 e. The summed E-state index contributed by atoms with van der Waals surface area (Å²) in [6.45, 7) is 4.85. The zero-order chi connectivity index (χ0) is 21.0. The average molecular weight is 395 g/mol. The highest BCUT2D eigenvalue weighted by atomic mass is 19.1. The van der Waals surface area contributed by atoms with Crippen LogP contribution in [-0.4, -0.2) is 28.3 Å². The molecule has 1 heterocycles. The van der Waals surface area contributed by atoms with E-state index in [-0.39, 0.29) is 11.9 Å². The standard InChI is InChI=1S/C22H22FN3O3/c1-14(17-9-11-18(23)12-10-17)24-20(27)13-29-22(28)21-15(2)25-26(16(21)3)19-7-5-4-6-8-19/h4-12,14H,13H2,1-3H3,(H,24,27)/t14-/m0/s1. The first-order valence-electron chi connectivity index (χ1n) is 9.20. The Morgan fingerprint density at radius 1 is 1.10 bits per heavy atom. The molecular formula is C22H22FN3O3. The molecule has 1 N–H and O–H groups in total. The minimum atomic E-state index is -0.605. The minimum Gasteiger partial charge on any atom is -0.452 e. The van der Waals surface area contributed by atoms with E-state index < -0.39 is 18.5 Å². The fourth-order valence-corrected chi connectivity index (χ4v) is 3.08. The van der Waals surface area contributed by atoms with Gasteiger partial charge in [-0.1, -0.05) is 30.3 Å². The van der Waals surface area contributed by atoms with Gasteiger partial charge in [-0.15, -0.1) is 0 Å². The molecule has 0 aliphatic rings. The number of carbonyl (C=O) groups is 2. The summed E-state index contributed by atoms with van der Waals surface area (Å²) in [6.07, 6.45) is 0. The molecule has 0 saturated carbocycles. The van der Waals surface area contributed by atoms with Crippen LogP contribution in [0.15, 0.2) is 54.6 Å². The molecule has 150 valence electrons. The number of rotatable bonds is 6. The Kier molecular flexibility index (Phi) is 6.07. The van der Waals surface area contributed by atoms with Gasteiger partial charge >= 0.3 is 5.97 Å². The van der Waals surface area contributed by atoms with Crippen LogP contribution < -0.4 is 5.32 Å². The van der Waals surface area contributed by atoms with Crippen molar-refractivity contribution in [2.45, 2.75) is 26.8 Å². The van der Waals surface area contributed by atoms with E-state index in [1.54, 1.807) is 37.6 Å². The van der Waals surface area contributed by atoms with E-state index in [1.807, 2.05) is 30.3 Å². The average Bonchev–Trinajstić information content (AvgIpc) is 3.01. The summed E-state index contributed by atoms with van der Waals surface area (Å²) in [6, 6.07) is 14.9. The molecule has 6 nitrogen and oxygen atoms in total. The zero-order valence-corrected chi connectivity index (χ0v) is 16.5. The van der Waals surface area contributed by atoms with E-state index in [4.69, 9.17) is 4.74 Å². The molecule has 0 saturated heterocycles. The van der Waals surface area contributed by atoms with Gasteiger partial charge in [0.05, 0.1) is 23.1 Å². The number of para-hydroxylation sites is 1. The first-order chi connectivity index (χ1) is 13.9. The molecule has 7 heteroatoms. The number of nitrogens with one attached hydrogen (secondary N) is 1. The van der Waals surface area contributed by atoms with Crippen LogP contribution >= 0.6 is 0 Å². The van der Waals surface area contributed by atoms with Crippen LogP contribution in [0.3, 0.4) is 0 Å².